The van der Waals surface area contributed by atoms with E-state index in [2.05, 4.69) is 21.1 Å². The summed E-state index contributed by atoms with van der Waals surface area (Å²) >= 11 is 0. The lowest BCUT2D eigenvalue weighted by Gasteiger charge is -2.30. The van der Waals surface area contributed by atoms with Crippen molar-refractivity contribution in [2.24, 2.45) is 5.92 Å². The zero-order chi connectivity index (χ0) is 10.6. The molecule has 0 saturated heterocycles. The number of quaternary nitrogens is 1. The molecule has 0 aromatic carbocycles. The topological polar surface area (TPSA) is 20.2 Å². The SMILES string of the molecule is C[N+](C)(C)CCC(O)C1CCCCC1.[I-]. The number of hydrogen-bond donors (Lipinski definition) is 1. The first-order valence-electron chi connectivity index (χ1n) is 5.97. The van der Waals surface area contributed by atoms with Crippen LogP contribution in [0.5, 0.6) is 0 Å². The van der Waals surface area contributed by atoms with Crippen molar-refractivity contribution in [2.75, 3.05) is 27.7 Å². The van der Waals surface area contributed by atoms with Crippen LogP contribution in [0.1, 0.15) is 38.5 Å². The van der Waals surface area contributed by atoms with Crippen LogP contribution in [0.25, 0.3) is 0 Å². The molecule has 1 aliphatic carbocycles. The molecule has 1 N–H and O–H groups in total. The normalized spacial score (nSPS) is 20.8. The number of rotatable bonds is 4. The van der Waals surface area contributed by atoms with Crippen LogP contribution in [0.3, 0.4) is 0 Å². The highest BCUT2D eigenvalue weighted by molar-refractivity contribution is 4.72. The van der Waals surface area contributed by atoms with Gasteiger partial charge in [0, 0.05) is 6.42 Å². The lowest BCUT2D eigenvalue weighted by atomic mass is 9.84. The van der Waals surface area contributed by atoms with Gasteiger partial charge in [-0.25, -0.2) is 0 Å². The predicted octanol–water partition coefficient (Wildman–Crippen LogP) is -0.972. The Bertz CT molecular complexity index is 161. The van der Waals surface area contributed by atoms with Gasteiger partial charge in [-0.05, 0) is 18.8 Å². The maximum atomic E-state index is 10.0. The van der Waals surface area contributed by atoms with Gasteiger partial charge in [-0.3, -0.25) is 0 Å². The van der Waals surface area contributed by atoms with E-state index < -0.39 is 0 Å². The number of aliphatic hydroxyl groups excluding tert-OH is 1. The molecule has 0 radical (unpaired) electrons. The quantitative estimate of drug-likeness (QED) is 0.520. The highest BCUT2D eigenvalue weighted by Gasteiger charge is 2.23. The number of halogens is 1. The second kappa shape index (κ2) is 7.07. The average Bonchev–Trinajstić information content (AvgIpc) is 2.14. The highest BCUT2D eigenvalue weighted by atomic mass is 127. The van der Waals surface area contributed by atoms with Crippen molar-refractivity contribution in [1.82, 2.24) is 0 Å². The van der Waals surface area contributed by atoms with Crippen LogP contribution in [0, 0.1) is 5.92 Å². The van der Waals surface area contributed by atoms with E-state index in [9.17, 15) is 5.11 Å². The molecular weight excluding hydrogens is 301 g/mol. The third kappa shape index (κ3) is 6.74. The van der Waals surface area contributed by atoms with Gasteiger partial charge >= 0.3 is 0 Å². The summed E-state index contributed by atoms with van der Waals surface area (Å²) in [7, 11) is 6.56. The Morgan fingerprint density at radius 1 is 1.13 bits per heavy atom. The van der Waals surface area contributed by atoms with Crippen molar-refractivity contribution >= 4 is 0 Å². The predicted molar refractivity (Wildman–Crippen MR) is 60.1 cm³/mol. The molecule has 1 aliphatic rings. The summed E-state index contributed by atoms with van der Waals surface area (Å²) in [4.78, 5) is 0. The fourth-order valence-electron chi connectivity index (χ4n) is 2.27. The molecular formula is C12H26INO. The van der Waals surface area contributed by atoms with Gasteiger partial charge in [-0.1, -0.05) is 19.3 Å². The zero-order valence-electron chi connectivity index (χ0n) is 10.4. The molecule has 0 aromatic rings. The minimum atomic E-state index is -0.0485. The van der Waals surface area contributed by atoms with Gasteiger partial charge in [-0.15, -0.1) is 0 Å². The smallest absolute Gasteiger partial charge is 0.0805 e. The van der Waals surface area contributed by atoms with Gasteiger partial charge in [0.25, 0.3) is 0 Å². The van der Waals surface area contributed by atoms with Crippen molar-refractivity contribution in [3.05, 3.63) is 0 Å². The first-order valence-corrected chi connectivity index (χ1v) is 5.97. The van der Waals surface area contributed by atoms with Gasteiger partial charge in [0.15, 0.2) is 0 Å². The molecule has 1 saturated carbocycles. The van der Waals surface area contributed by atoms with Crippen LogP contribution in [0.15, 0.2) is 0 Å². The first kappa shape index (κ1) is 15.7. The second-order valence-corrected chi connectivity index (χ2v) is 5.77. The van der Waals surface area contributed by atoms with Crippen molar-refractivity contribution in [1.29, 1.82) is 0 Å². The van der Waals surface area contributed by atoms with Crippen LogP contribution < -0.4 is 24.0 Å². The maximum Gasteiger partial charge on any atom is 0.0805 e. The van der Waals surface area contributed by atoms with Crippen LogP contribution in [-0.4, -0.2) is 43.4 Å². The van der Waals surface area contributed by atoms with Gasteiger partial charge in [0.1, 0.15) is 0 Å². The molecule has 0 amide bonds. The van der Waals surface area contributed by atoms with E-state index >= 15 is 0 Å². The lowest BCUT2D eigenvalue weighted by Crippen LogP contribution is -3.00. The summed E-state index contributed by atoms with van der Waals surface area (Å²) in [6, 6.07) is 0. The number of aliphatic hydroxyl groups is 1. The molecule has 0 aromatic heterocycles. The summed E-state index contributed by atoms with van der Waals surface area (Å²) < 4.78 is 0.962. The molecule has 1 fully saturated rings. The summed E-state index contributed by atoms with van der Waals surface area (Å²) in [6.45, 7) is 1.08. The lowest BCUT2D eigenvalue weighted by molar-refractivity contribution is -0.871. The van der Waals surface area contributed by atoms with Crippen LogP contribution >= 0.6 is 0 Å². The summed E-state index contributed by atoms with van der Waals surface area (Å²) in [5.74, 6) is 0.593. The molecule has 15 heavy (non-hydrogen) atoms. The minimum absolute atomic E-state index is 0. The maximum absolute atomic E-state index is 10.0. The van der Waals surface area contributed by atoms with E-state index in [1.807, 2.05) is 0 Å². The Labute approximate surface area is 112 Å². The molecule has 0 heterocycles. The van der Waals surface area contributed by atoms with Crippen LogP contribution in [0.4, 0.5) is 0 Å². The van der Waals surface area contributed by atoms with E-state index in [0.29, 0.717) is 5.92 Å². The third-order valence-electron chi connectivity index (χ3n) is 3.29. The Morgan fingerprint density at radius 3 is 2.13 bits per heavy atom. The van der Waals surface area contributed by atoms with Crippen LogP contribution in [0.2, 0.25) is 0 Å². The largest absolute Gasteiger partial charge is 1.00 e. The standard InChI is InChI=1S/C12H26NO.HI/c1-13(2,3)10-9-12(14)11-7-5-4-6-8-11;/h11-12,14H,4-10H2,1-3H3;1H/q+1;/p-1. The fraction of sp³-hybridized carbons (Fsp3) is 1.00. The van der Waals surface area contributed by atoms with E-state index in [1.54, 1.807) is 0 Å². The molecule has 3 heteroatoms. The van der Waals surface area contributed by atoms with E-state index in [1.165, 1.54) is 32.1 Å². The van der Waals surface area contributed by atoms with Gasteiger partial charge in [-0.2, -0.15) is 0 Å². The highest BCUT2D eigenvalue weighted by Crippen LogP contribution is 2.27. The molecule has 0 bridgehead atoms. The van der Waals surface area contributed by atoms with Gasteiger partial charge in [0.2, 0.25) is 0 Å². The molecule has 1 rings (SSSR count). The second-order valence-electron chi connectivity index (χ2n) is 5.77. The molecule has 2 nitrogen and oxygen atoms in total. The summed E-state index contributed by atoms with van der Waals surface area (Å²) in [5, 5.41) is 10.0. The van der Waals surface area contributed by atoms with E-state index in [-0.39, 0.29) is 30.1 Å². The van der Waals surface area contributed by atoms with Crippen molar-refractivity contribution in [3.8, 4) is 0 Å². The number of hydrogen-bond acceptors (Lipinski definition) is 1. The third-order valence-corrected chi connectivity index (χ3v) is 3.29. The molecule has 0 spiro atoms. The average molecular weight is 327 g/mol. The Hall–Kier alpha value is 0.650. The van der Waals surface area contributed by atoms with Gasteiger partial charge in [0.05, 0.1) is 33.8 Å². The molecule has 1 atom stereocenters. The Kier molecular flexibility index (Phi) is 7.38. The molecule has 1 unspecified atom stereocenters. The first-order chi connectivity index (χ1) is 6.49. The zero-order valence-corrected chi connectivity index (χ0v) is 12.5. The van der Waals surface area contributed by atoms with E-state index in [4.69, 9.17) is 0 Å². The molecule has 92 valence electrons. The van der Waals surface area contributed by atoms with E-state index in [0.717, 1.165) is 17.4 Å². The number of nitrogens with zero attached hydrogens (tertiary/aromatic N) is 1. The monoisotopic (exact) mass is 327 g/mol. The minimum Gasteiger partial charge on any atom is -1.00 e. The van der Waals surface area contributed by atoms with Crippen molar-refractivity contribution < 1.29 is 33.6 Å². The summed E-state index contributed by atoms with van der Waals surface area (Å²) in [6.07, 6.45) is 7.44. The molecule has 0 aliphatic heterocycles. The summed E-state index contributed by atoms with van der Waals surface area (Å²) in [5.41, 5.74) is 0. The van der Waals surface area contributed by atoms with Crippen molar-refractivity contribution in [3.63, 3.8) is 0 Å². The van der Waals surface area contributed by atoms with Gasteiger partial charge < -0.3 is 33.6 Å². The fourth-order valence-corrected chi connectivity index (χ4v) is 2.27. The van der Waals surface area contributed by atoms with Crippen LogP contribution in [-0.2, 0) is 0 Å². The van der Waals surface area contributed by atoms with Crippen molar-refractivity contribution in [2.45, 2.75) is 44.6 Å². The Morgan fingerprint density at radius 2 is 1.67 bits per heavy atom. The Balaban J connectivity index is 0.00000196.